The Labute approximate surface area is 111 Å². The lowest BCUT2D eigenvalue weighted by Gasteiger charge is -2.34. The second kappa shape index (κ2) is 7.93. The van der Waals surface area contributed by atoms with Gasteiger partial charge in [-0.2, -0.15) is 0 Å². The van der Waals surface area contributed by atoms with Crippen LogP contribution in [0.15, 0.2) is 0 Å². The summed E-state index contributed by atoms with van der Waals surface area (Å²) in [6, 6.07) is -0.285. The fourth-order valence-corrected chi connectivity index (χ4v) is 1.88. The molecule has 0 spiro atoms. The molecular weight excluding hydrogens is 254 g/mol. The molecule has 1 aliphatic heterocycles. The average Bonchev–Trinajstić information content (AvgIpc) is 2.40. The highest BCUT2D eigenvalue weighted by molar-refractivity contribution is 5.77. The molecule has 0 radical (unpaired) electrons. The molecule has 110 valence electrons. The van der Waals surface area contributed by atoms with E-state index in [0.717, 1.165) is 0 Å². The Morgan fingerprint density at radius 2 is 1.95 bits per heavy atom. The van der Waals surface area contributed by atoms with Crippen LogP contribution in [-0.2, 0) is 9.53 Å². The number of hydrogen-bond donors (Lipinski definition) is 3. The number of nitrogens with zero attached hydrogens (tertiary/aromatic N) is 2. The molecule has 0 aromatic carbocycles. The molecule has 1 saturated heterocycles. The molecule has 1 atom stereocenters. The Morgan fingerprint density at radius 3 is 2.42 bits per heavy atom. The van der Waals surface area contributed by atoms with Crippen LogP contribution in [0.4, 0.5) is 4.79 Å². The van der Waals surface area contributed by atoms with Crippen molar-refractivity contribution in [1.82, 2.24) is 15.1 Å². The highest BCUT2D eigenvalue weighted by Crippen LogP contribution is 2.01. The number of β-amino-alcohol motifs (C(OH)–C–C–N with tert-alkyl or cyclic N) is 1. The van der Waals surface area contributed by atoms with Gasteiger partial charge in [-0.3, -0.25) is 4.90 Å². The molecular formula is C11H21N3O5. The van der Waals surface area contributed by atoms with E-state index in [2.05, 4.69) is 10.2 Å². The molecule has 0 aromatic rings. The van der Waals surface area contributed by atoms with Crippen molar-refractivity contribution >= 4 is 12.0 Å². The van der Waals surface area contributed by atoms with Gasteiger partial charge in [0.15, 0.2) is 6.10 Å². The van der Waals surface area contributed by atoms with Crippen molar-refractivity contribution in [3.05, 3.63) is 0 Å². The van der Waals surface area contributed by atoms with Gasteiger partial charge in [-0.1, -0.05) is 0 Å². The normalized spacial score (nSPS) is 18.1. The molecule has 1 aliphatic rings. The predicted molar refractivity (Wildman–Crippen MR) is 66.9 cm³/mol. The standard InChI is InChI=1S/C11H21N3O5/c1-19-9(10(16)17)8-12-11(18)14-4-2-13(3-5-14)6-7-15/h9,15H,2-8H2,1H3,(H,12,18)(H,16,17). The summed E-state index contributed by atoms with van der Waals surface area (Å²) in [4.78, 5) is 26.2. The lowest BCUT2D eigenvalue weighted by Crippen LogP contribution is -2.53. The topological polar surface area (TPSA) is 102 Å². The predicted octanol–water partition coefficient (Wildman–Crippen LogP) is -1.59. The number of aliphatic hydroxyl groups excluding tert-OH is 1. The van der Waals surface area contributed by atoms with Gasteiger partial charge in [0.1, 0.15) is 0 Å². The first-order valence-electron chi connectivity index (χ1n) is 6.20. The number of hydrogen-bond acceptors (Lipinski definition) is 5. The van der Waals surface area contributed by atoms with E-state index < -0.39 is 12.1 Å². The number of carbonyl (C=O) groups is 2. The molecule has 1 rings (SSSR count). The van der Waals surface area contributed by atoms with E-state index in [1.54, 1.807) is 4.90 Å². The summed E-state index contributed by atoms with van der Waals surface area (Å²) in [7, 11) is 1.29. The molecule has 2 amide bonds. The highest BCUT2D eigenvalue weighted by Gasteiger charge is 2.22. The number of amides is 2. The molecule has 8 nitrogen and oxygen atoms in total. The molecule has 0 aliphatic carbocycles. The van der Waals surface area contributed by atoms with Gasteiger partial charge in [-0.05, 0) is 0 Å². The third-order valence-electron chi connectivity index (χ3n) is 3.07. The number of methoxy groups -OCH3 is 1. The van der Waals surface area contributed by atoms with Gasteiger partial charge >= 0.3 is 12.0 Å². The number of aliphatic hydroxyl groups is 1. The molecule has 0 aromatic heterocycles. The highest BCUT2D eigenvalue weighted by atomic mass is 16.5. The van der Waals surface area contributed by atoms with Gasteiger partial charge in [-0.15, -0.1) is 0 Å². The Bertz CT molecular complexity index is 305. The van der Waals surface area contributed by atoms with Crippen molar-refractivity contribution in [1.29, 1.82) is 0 Å². The molecule has 1 heterocycles. The maximum absolute atomic E-state index is 11.8. The van der Waals surface area contributed by atoms with Crippen molar-refractivity contribution in [3.8, 4) is 0 Å². The maximum atomic E-state index is 11.8. The molecule has 0 saturated carbocycles. The largest absolute Gasteiger partial charge is 0.479 e. The zero-order valence-electron chi connectivity index (χ0n) is 11.0. The summed E-state index contributed by atoms with van der Waals surface area (Å²) in [5.41, 5.74) is 0. The molecule has 3 N–H and O–H groups in total. The molecule has 1 fully saturated rings. The second-order valence-electron chi connectivity index (χ2n) is 4.30. The van der Waals surface area contributed by atoms with E-state index in [1.165, 1.54) is 7.11 Å². The Kier molecular flexibility index (Phi) is 6.54. The van der Waals surface area contributed by atoms with E-state index >= 15 is 0 Å². The third kappa shape index (κ3) is 5.01. The number of piperazine rings is 1. The number of urea groups is 1. The first-order valence-corrected chi connectivity index (χ1v) is 6.20. The van der Waals surface area contributed by atoms with Crippen LogP contribution in [0.2, 0.25) is 0 Å². The molecule has 1 unspecified atom stereocenters. The Hall–Kier alpha value is -1.38. The zero-order valence-corrected chi connectivity index (χ0v) is 11.0. The van der Waals surface area contributed by atoms with Crippen molar-refractivity contribution in [2.75, 3.05) is 53.0 Å². The minimum Gasteiger partial charge on any atom is -0.479 e. The third-order valence-corrected chi connectivity index (χ3v) is 3.07. The second-order valence-corrected chi connectivity index (χ2v) is 4.30. The zero-order chi connectivity index (χ0) is 14.3. The number of carbonyl (C=O) groups excluding carboxylic acids is 1. The van der Waals surface area contributed by atoms with E-state index in [1.807, 2.05) is 0 Å². The number of rotatable bonds is 6. The molecule has 19 heavy (non-hydrogen) atoms. The number of carboxylic acids is 1. The number of aliphatic carboxylic acids is 1. The lowest BCUT2D eigenvalue weighted by molar-refractivity contribution is -0.148. The summed E-state index contributed by atoms with van der Waals surface area (Å²) in [5, 5.41) is 20.1. The summed E-state index contributed by atoms with van der Waals surface area (Å²) >= 11 is 0. The van der Waals surface area contributed by atoms with Crippen LogP contribution >= 0.6 is 0 Å². The van der Waals surface area contributed by atoms with E-state index in [4.69, 9.17) is 14.9 Å². The Morgan fingerprint density at radius 1 is 1.32 bits per heavy atom. The average molecular weight is 275 g/mol. The summed E-state index contributed by atoms with van der Waals surface area (Å²) in [5.74, 6) is -1.10. The van der Waals surface area contributed by atoms with Crippen LogP contribution in [-0.4, -0.2) is 91.1 Å². The van der Waals surface area contributed by atoms with Crippen LogP contribution in [0.5, 0.6) is 0 Å². The number of carboxylic acid groups (broad SMARTS) is 1. The van der Waals surface area contributed by atoms with Crippen molar-refractivity contribution in [3.63, 3.8) is 0 Å². The van der Waals surface area contributed by atoms with Crippen molar-refractivity contribution < 1.29 is 24.5 Å². The number of ether oxygens (including phenoxy) is 1. The van der Waals surface area contributed by atoms with Gasteiger partial charge < -0.3 is 25.2 Å². The van der Waals surface area contributed by atoms with Crippen LogP contribution in [0.25, 0.3) is 0 Å². The summed E-state index contributed by atoms with van der Waals surface area (Å²) < 4.78 is 4.73. The van der Waals surface area contributed by atoms with Crippen molar-refractivity contribution in [2.45, 2.75) is 6.10 Å². The SMILES string of the molecule is COC(CNC(=O)N1CCN(CCO)CC1)C(=O)O. The number of nitrogens with one attached hydrogen (secondary N) is 1. The van der Waals surface area contributed by atoms with Crippen LogP contribution in [0, 0.1) is 0 Å². The minimum absolute atomic E-state index is 0.0540. The van der Waals surface area contributed by atoms with E-state index in [9.17, 15) is 9.59 Å². The maximum Gasteiger partial charge on any atom is 0.334 e. The van der Waals surface area contributed by atoms with Crippen LogP contribution < -0.4 is 5.32 Å². The quantitative estimate of drug-likeness (QED) is 0.540. The van der Waals surface area contributed by atoms with Gasteiger partial charge in [0.05, 0.1) is 13.2 Å². The summed E-state index contributed by atoms with van der Waals surface area (Å²) in [6.45, 7) is 3.22. The van der Waals surface area contributed by atoms with Gasteiger partial charge in [0.25, 0.3) is 0 Å². The van der Waals surface area contributed by atoms with E-state index in [-0.39, 0.29) is 19.2 Å². The fraction of sp³-hybridized carbons (Fsp3) is 0.818. The molecule has 8 heteroatoms. The summed E-state index contributed by atoms with van der Waals surface area (Å²) in [6.07, 6.45) is -1.03. The molecule has 0 bridgehead atoms. The fourth-order valence-electron chi connectivity index (χ4n) is 1.88. The van der Waals surface area contributed by atoms with Gasteiger partial charge in [0, 0.05) is 39.8 Å². The first kappa shape index (κ1) is 15.7. The van der Waals surface area contributed by atoms with Crippen LogP contribution in [0.3, 0.4) is 0 Å². The lowest BCUT2D eigenvalue weighted by atomic mass is 10.3. The monoisotopic (exact) mass is 275 g/mol. The first-order chi connectivity index (χ1) is 9.08. The van der Waals surface area contributed by atoms with Gasteiger partial charge in [0.2, 0.25) is 0 Å². The van der Waals surface area contributed by atoms with Crippen LogP contribution in [0.1, 0.15) is 0 Å². The van der Waals surface area contributed by atoms with Gasteiger partial charge in [-0.25, -0.2) is 9.59 Å². The van der Waals surface area contributed by atoms with E-state index in [0.29, 0.717) is 32.7 Å². The Balaban J connectivity index is 2.29. The van der Waals surface area contributed by atoms with Crippen molar-refractivity contribution in [2.24, 2.45) is 0 Å². The smallest absolute Gasteiger partial charge is 0.334 e. The minimum atomic E-state index is -1.10.